The third-order valence-corrected chi connectivity index (χ3v) is 7.76. The zero-order valence-electron chi connectivity index (χ0n) is 19.6. The zero-order valence-corrected chi connectivity index (χ0v) is 20.4. The number of aromatic nitrogens is 5. The van der Waals surface area contributed by atoms with E-state index in [1.165, 1.54) is 18.3 Å². The summed E-state index contributed by atoms with van der Waals surface area (Å²) in [5.41, 5.74) is 8.17. The molecule has 0 atom stereocenters. The van der Waals surface area contributed by atoms with Gasteiger partial charge in [0.15, 0.2) is 21.3 Å². The molecule has 0 bridgehead atoms. The molecule has 0 fully saturated rings. The number of nitrogens with two attached hydrogens (primary N) is 1. The predicted octanol–water partition coefficient (Wildman–Crippen LogP) is 3.27. The van der Waals surface area contributed by atoms with Gasteiger partial charge in [-0.05, 0) is 38.1 Å². The van der Waals surface area contributed by atoms with Crippen LogP contribution >= 0.6 is 0 Å². The second kappa shape index (κ2) is 9.02. The van der Waals surface area contributed by atoms with Gasteiger partial charge in [0.25, 0.3) is 5.88 Å². The van der Waals surface area contributed by atoms with Crippen molar-refractivity contribution < 1.29 is 22.5 Å². The fraction of sp³-hybridized carbons (Fsp3) is 0.125. The number of carbonyl (C=O) groups excluding carboxylic acids is 1. The molecule has 3 heterocycles. The summed E-state index contributed by atoms with van der Waals surface area (Å²) in [6.07, 6.45) is 0.273. The summed E-state index contributed by atoms with van der Waals surface area (Å²) in [6.45, 7) is 3.22. The SMILES string of the molecule is CC(C)S(=O)(=O)c1ccc(-c2cnc(OC(N)=O)c(-c3cc(-c4ccc5[nH]c(=O)[nH]c5c4)no3)n2)cc1. The lowest BCUT2D eigenvalue weighted by Crippen LogP contribution is -2.17. The van der Waals surface area contributed by atoms with Gasteiger partial charge < -0.3 is 25.0 Å². The molecule has 0 unspecified atom stereocenters. The molecular formula is C24H20N6O6S. The summed E-state index contributed by atoms with van der Waals surface area (Å²) in [6, 6.07) is 13.0. The summed E-state index contributed by atoms with van der Waals surface area (Å²) >= 11 is 0. The Kier molecular flexibility index (Phi) is 5.84. The molecule has 0 aliphatic carbocycles. The van der Waals surface area contributed by atoms with Gasteiger partial charge in [-0.1, -0.05) is 23.4 Å². The van der Waals surface area contributed by atoms with Crippen LogP contribution in [-0.4, -0.2) is 44.9 Å². The van der Waals surface area contributed by atoms with Crippen molar-refractivity contribution in [3.05, 3.63) is 65.2 Å². The van der Waals surface area contributed by atoms with Crippen molar-refractivity contribution in [2.24, 2.45) is 5.73 Å². The molecule has 1 amide bonds. The second-order valence-corrected chi connectivity index (χ2v) is 10.9. The number of benzene rings is 2. The molecule has 0 saturated heterocycles. The molecule has 4 N–H and O–H groups in total. The predicted molar refractivity (Wildman–Crippen MR) is 133 cm³/mol. The molecule has 0 aliphatic heterocycles. The molecule has 12 nitrogen and oxygen atoms in total. The van der Waals surface area contributed by atoms with Crippen molar-refractivity contribution in [3.63, 3.8) is 0 Å². The molecule has 188 valence electrons. The highest BCUT2D eigenvalue weighted by Crippen LogP contribution is 2.33. The maximum atomic E-state index is 12.4. The summed E-state index contributed by atoms with van der Waals surface area (Å²) in [7, 11) is -3.44. The molecule has 13 heteroatoms. The largest absolute Gasteiger partial charge is 0.411 e. The monoisotopic (exact) mass is 520 g/mol. The summed E-state index contributed by atoms with van der Waals surface area (Å²) in [4.78, 5) is 37.2. The number of hydrogen-bond acceptors (Lipinski definition) is 9. The van der Waals surface area contributed by atoms with Crippen LogP contribution < -0.4 is 16.2 Å². The van der Waals surface area contributed by atoms with Crippen LogP contribution in [0.1, 0.15) is 13.8 Å². The minimum absolute atomic E-state index is 0.0602. The van der Waals surface area contributed by atoms with E-state index in [1.807, 2.05) is 0 Å². The van der Waals surface area contributed by atoms with Gasteiger partial charge in [0.2, 0.25) is 0 Å². The van der Waals surface area contributed by atoms with Crippen LogP contribution in [0.15, 0.2) is 68.9 Å². The van der Waals surface area contributed by atoms with E-state index in [1.54, 1.807) is 50.2 Å². The van der Waals surface area contributed by atoms with Crippen molar-refractivity contribution in [2.45, 2.75) is 24.0 Å². The number of hydrogen-bond donors (Lipinski definition) is 3. The number of fused-ring (bicyclic) bond motifs is 1. The van der Waals surface area contributed by atoms with Crippen LogP contribution in [-0.2, 0) is 9.84 Å². The number of nitrogens with one attached hydrogen (secondary N) is 2. The highest BCUT2D eigenvalue weighted by atomic mass is 32.2. The van der Waals surface area contributed by atoms with Crippen molar-refractivity contribution in [3.8, 4) is 39.8 Å². The van der Waals surface area contributed by atoms with Crippen LogP contribution in [0.5, 0.6) is 5.88 Å². The number of nitrogens with zero attached hydrogens (tertiary/aromatic N) is 3. The Hall–Kier alpha value is -4.78. The maximum Gasteiger partial charge on any atom is 0.411 e. The lowest BCUT2D eigenvalue weighted by Gasteiger charge is -2.09. The van der Waals surface area contributed by atoms with Crippen LogP contribution in [0, 0.1) is 0 Å². The number of carbonyl (C=O) groups is 1. The Bertz CT molecular complexity index is 1800. The van der Waals surface area contributed by atoms with Gasteiger partial charge in [0.1, 0.15) is 5.69 Å². The van der Waals surface area contributed by atoms with E-state index in [0.717, 1.165) is 0 Å². The first kappa shape index (κ1) is 23.9. The van der Waals surface area contributed by atoms with Crippen molar-refractivity contribution in [2.75, 3.05) is 0 Å². The van der Waals surface area contributed by atoms with E-state index >= 15 is 0 Å². The molecular weight excluding hydrogens is 500 g/mol. The number of amides is 1. The first-order valence-corrected chi connectivity index (χ1v) is 12.5. The van der Waals surface area contributed by atoms with E-state index in [0.29, 0.717) is 33.5 Å². The first-order valence-electron chi connectivity index (χ1n) is 11.0. The lowest BCUT2D eigenvalue weighted by molar-refractivity contribution is 0.209. The minimum Gasteiger partial charge on any atom is -0.389 e. The molecule has 0 spiro atoms. The normalized spacial score (nSPS) is 11.8. The minimum atomic E-state index is -3.44. The third kappa shape index (κ3) is 4.59. The Morgan fingerprint density at radius 2 is 1.70 bits per heavy atom. The van der Waals surface area contributed by atoms with E-state index in [9.17, 15) is 18.0 Å². The highest BCUT2D eigenvalue weighted by Gasteiger charge is 2.21. The molecule has 0 aliphatic rings. The lowest BCUT2D eigenvalue weighted by atomic mass is 10.1. The van der Waals surface area contributed by atoms with Gasteiger partial charge in [-0.25, -0.2) is 28.0 Å². The Balaban J connectivity index is 1.54. The molecule has 0 saturated carbocycles. The summed E-state index contributed by atoms with van der Waals surface area (Å²) in [5.74, 6) is -0.0503. The second-order valence-electron chi connectivity index (χ2n) is 8.36. The molecule has 5 rings (SSSR count). The van der Waals surface area contributed by atoms with E-state index in [2.05, 4.69) is 25.1 Å². The smallest absolute Gasteiger partial charge is 0.389 e. The summed E-state index contributed by atoms with van der Waals surface area (Å²) in [5, 5.41) is 3.51. The topological polar surface area (TPSA) is 187 Å². The van der Waals surface area contributed by atoms with Crippen LogP contribution in [0.25, 0.3) is 45.0 Å². The van der Waals surface area contributed by atoms with Crippen LogP contribution in [0.4, 0.5) is 4.79 Å². The molecule has 3 aromatic heterocycles. The quantitative estimate of drug-likeness (QED) is 0.302. The fourth-order valence-corrected chi connectivity index (χ4v) is 4.71. The zero-order chi connectivity index (χ0) is 26.3. The van der Waals surface area contributed by atoms with Crippen LogP contribution in [0.3, 0.4) is 0 Å². The summed E-state index contributed by atoms with van der Waals surface area (Å²) < 4.78 is 35.4. The van der Waals surface area contributed by atoms with E-state index in [4.69, 9.17) is 15.0 Å². The number of sulfone groups is 1. The van der Waals surface area contributed by atoms with E-state index < -0.39 is 21.2 Å². The number of ether oxygens (including phenoxy) is 1. The fourth-order valence-electron chi connectivity index (χ4n) is 3.65. The van der Waals surface area contributed by atoms with E-state index in [-0.39, 0.29) is 27.9 Å². The molecule has 0 radical (unpaired) electrons. The third-order valence-electron chi connectivity index (χ3n) is 5.59. The maximum absolute atomic E-state index is 12.4. The van der Waals surface area contributed by atoms with Crippen LogP contribution in [0.2, 0.25) is 0 Å². The number of rotatable bonds is 6. The first-order chi connectivity index (χ1) is 17.6. The Morgan fingerprint density at radius 3 is 2.41 bits per heavy atom. The van der Waals surface area contributed by atoms with Crippen molar-refractivity contribution >= 4 is 27.0 Å². The van der Waals surface area contributed by atoms with Gasteiger partial charge in [-0.15, -0.1) is 0 Å². The molecule has 2 aromatic carbocycles. The highest BCUT2D eigenvalue weighted by molar-refractivity contribution is 7.92. The van der Waals surface area contributed by atoms with Gasteiger partial charge >= 0.3 is 11.8 Å². The number of aromatic amines is 2. The average molecular weight is 521 g/mol. The average Bonchev–Trinajstić information content (AvgIpc) is 3.49. The number of H-pyrrole nitrogens is 2. The van der Waals surface area contributed by atoms with Crippen molar-refractivity contribution in [1.82, 2.24) is 25.1 Å². The van der Waals surface area contributed by atoms with Gasteiger partial charge in [-0.3, -0.25) is 0 Å². The number of primary amides is 1. The number of imidazole rings is 1. The van der Waals surface area contributed by atoms with Gasteiger partial charge in [0, 0.05) is 17.2 Å². The molecule has 5 aromatic rings. The van der Waals surface area contributed by atoms with Gasteiger partial charge in [0.05, 0.1) is 33.1 Å². The van der Waals surface area contributed by atoms with Crippen molar-refractivity contribution in [1.29, 1.82) is 0 Å². The standard InChI is InChI=1S/C24H20N6O6S/c1-12(2)37(33,34)15-6-3-13(4-7-15)19-11-26-22(35-23(25)31)21(27-19)20-10-17(30-36-20)14-5-8-16-18(9-14)29-24(32)28-16/h3-12H,1-2H3,(H2,25,31)(H2,28,29,32). The molecule has 37 heavy (non-hydrogen) atoms. The Labute approximate surface area is 209 Å². The Morgan fingerprint density at radius 1 is 1.00 bits per heavy atom. The van der Waals surface area contributed by atoms with Gasteiger partial charge in [-0.2, -0.15) is 0 Å².